The van der Waals surface area contributed by atoms with Crippen LogP contribution in [0.1, 0.15) is 50.1 Å². The van der Waals surface area contributed by atoms with E-state index in [2.05, 4.69) is 11.4 Å². The standard InChI is InChI=1S/C18H27NO3S/c1-22-17-11-5-4-10-16(17)18(14-7-2-3-8-14)19-13-15-9-6-12-23(15,20)21/h4-5,10-11,14-15,18-19H,2-3,6-9,12-13H2,1H3/t15-,18-/m1/s1. The summed E-state index contributed by atoms with van der Waals surface area (Å²) in [7, 11) is -1.20. The number of benzene rings is 1. The molecule has 1 saturated heterocycles. The number of nitrogens with one attached hydrogen (secondary N) is 1. The minimum Gasteiger partial charge on any atom is -0.496 e. The average Bonchev–Trinajstić information content (AvgIpc) is 3.18. The number of hydrogen-bond donors (Lipinski definition) is 1. The fraction of sp³-hybridized carbons (Fsp3) is 0.667. The van der Waals surface area contributed by atoms with Gasteiger partial charge in [-0.05, 0) is 37.7 Å². The zero-order valence-electron chi connectivity index (χ0n) is 13.8. The van der Waals surface area contributed by atoms with Crippen molar-refractivity contribution >= 4 is 9.84 Å². The molecule has 1 aliphatic heterocycles. The van der Waals surface area contributed by atoms with Gasteiger partial charge < -0.3 is 10.1 Å². The second-order valence-corrected chi connectivity index (χ2v) is 9.20. The van der Waals surface area contributed by atoms with E-state index in [1.54, 1.807) is 7.11 Å². The van der Waals surface area contributed by atoms with Crippen molar-refractivity contribution < 1.29 is 13.2 Å². The Bertz CT molecular complexity index is 623. The van der Waals surface area contributed by atoms with Crippen LogP contribution in [0.2, 0.25) is 0 Å². The zero-order valence-corrected chi connectivity index (χ0v) is 14.6. The fourth-order valence-electron chi connectivity index (χ4n) is 4.09. The Hall–Kier alpha value is -1.07. The largest absolute Gasteiger partial charge is 0.496 e. The number of para-hydroxylation sites is 1. The van der Waals surface area contributed by atoms with Gasteiger partial charge in [-0.2, -0.15) is 0 Å². The van der Waals surface area contributed by atoms with Crippen molar-refractivity contribution in [1.82, 2.24) is 5.32 Å². The molecule has 1 aromatic carbocycles. The molecule has 0 amide bonds. The number of ether oxygens (including phenoxy) is 1. The van der Waals surface area contributed by atoms with Gasteiger partial charge in [-0.3, -0.25) is 0 Å². The monoisotopic (exact) mass is 337 g/mol. The molecule has 1 aliphatic carbocycles. The zero-order chi connectivity index (χ0) is 16.3. The first kappa shape index (κ1) is 16.8. The summed E-state index contributed by atoms with van der Waals surface area (Å²) in [4.78, 5) is 0. The van der Waals surface area contributed by atoms with Crippen LogP contribution in [0.15, 0.2) is 24.3 Å². The van der Waals surface area contributed by atoms with E-state index in [1.165, 1.54) is 25.7 Å². The summed E-state index contributed by atoms with van der Waals surface area (Å²) in [5.41, 5.74) is 1.16. The van der Waals surface area contributed by atoms with Gasteiger partial charge in [0.1, 0.15) is 5.75 Å². The van der Waals surface area contributed by atoms with E-state index in [9.17, 15) is 8.42 Å². The topological polar surface area (TPSA) is 55.4 Å². The Labute approximate surface area is 139 Å². The summed E-state index contributed by atoms with van der Waals surface area (Å²) in [6, 6.07) is 8.30. The number of hydrogen-bond acceptors (Lipinski definition) is 4. The Morgan fingerprint density at radius 3 is 2.57 bits per heavy atom. The van der Waals surface area contributed by atoms with Crippen LogP contribution < -0.4 is 10.1 Å². The highest BCUT2D eigenvalue weighted by Gasteiger charge is 2.34. The molecule has 2 atom stereocenters. The maximum Gasteiger partial charge on any atom is 0.154 e. The van der Waals surface area contributed by atoms with E-state index in [1.807, 2.05) is 18.2 Å². The van der Waals surface area contributed by atoms with Crippen LogP contribution in [0.25, 0.3) is 0 Å². The Kier molecular flexibility index (Phi) is 5.27. The van der Waals surface area contributed by atoms with Crippen LogP contribution in [0.4, 0.5) is 0 Å². The molecule has 1 heterocycles. The normalized spacial score (nSPS) is 25.5. The molecule has 1 N–H and O–H groups in total. The Balaban J connectivity index is 1.78. The molecule has 4 nitrogen and oxygen atoms in total. The number of rotatable bonds is 6. The predicted octanol–water partition coefficient (Wildman–Crippen LogP) is 3.09. The van der Waals surface area contributed by atoms with Crippen molar-refractivity contribution in [2.24, 2.45) is 5.92 Å². The van der Waals surface area contributed by atoms with Crippen molar-refractivity contribution in [2.45, 2.75) is 49.8 Å². The van der Waals surface area contributed by atoms with Crippen LogP contribution >= 0.6 is 0 Å². The second kappa shape index (κ2) is 7.22. The van der Waals surface area contributed by atoms with Crippen LogP contribution in [0, 0.1) is 5.92 Å². The van der Waals surface area contributed by atoms with Gasteiger partial charge in [0.15, 0.2) is 9.84 Å². The average molecular weight is 337 g/mol. The van der Waals surface area contributed by atoms with E-state index >= 15 is 0 Å². The summed E-state index contributed by atoms with van der Waals surface area (Å²) >= 11 is 0. The van der Waals surface area contributed by atoms with Gasteiger partial charge in [0.2, 0.25) is 0 Å². The van der Waals surface area contributed by atoms with E-state index in [4.69, 9.17) is 4.74 Å². The highest BCUT2D eigenvalue weighted by Crippen LogP contribution is 2.39. The summed E-state index contributed by atoms with van der Waals surface area (Å²) < 4.78 is 29.7. The molecule has 128 valence electrons. The predicted molar refractivity (Wildman–Crippen MR) is 92.5 cm³/mol. The molecule has 1 saturated carbocycles. The quantitative estimate of drug-likeness (QED) is 0.867. The third-order valence-corrected chi connectivity index (χ3v) is 7.65. The number of methoxy groups -OCH3 is 1. The third kappa shape index (κ3) is 3.72. The van der Waals surface area contributed by atoms with Gasteiger partial charge in [0.05, 0.1) is 18.1 Å². The highest BCUT2D eigenvalue weighted by molar-refractivity contribution is 7.92. The molecule has 2 fully saturated rings. The maximum atomic E-state index is 12.1. The summed E-state index contributed by atoms with van der Waals surface area (Å²) in [6.07, 6.45) is 6.52. The molecular weight excluding hydrogens is 310 g/mol. The lowest BCUT2D eigenvalue weighted by molar-refractivity contribution is 0.344. The van der Waals surface area contributed by atoms with Crippen LogP contribution in [-0.2, 0) is 9.84 Å². The minimum atomic E-state index is -2.90. The maximum absolute atomic E-state index is 12.1. The van der Waals surface area contributed by atoms with E-state index < -0.39 is 9.84 Å². The van der Waals surface area contributed by atoms with Crippen LogP contribution in [-0.4, -0.2) is 33.1 Å². The van der Waals surface area contributed by atoms with Crippen LogP contribution in [0.3, 0.4) is 0 Å². The summed E-state index contributed by atoms with van der Waals surface area (Å²) in [5, 5.41) is 3.37. The van der Waals surface area contributed by atoms with Gasteiger partial charge in [-0.25, -0.2) is 8.42 Å². The first-order chi connectivity index (χ1) is 11.1. The molecule has 0 spiro atoms. The Morgan fingerprint density at radius 1 is 1.17 bits per heavy atom. The van der Waals surface area contributed by atoms with Gasteiger partial charge in [-0.1, -0.05) is 31.0 Å². The smallest absolute Gasteiger partial charge is 0.154 e. The lowest BCUT2D eigenvalue weighted by atomic mass is 9.91. The van der Waals surface area contributed by atoms with Gasteiger partial charge in [0, 0.05) is 18.2 Å². The molecule has 0 unspecified atom stereocenters. The van der Waals surface area contributed by atoms with Crippen molar-refractivity contribution in [2.75, 3.05) is 19.4 Å². The second-order valence-electron chi connectivity index (χ2n) is 6.80. The third-order valence-electron chi connectivity index (χ3n) is 5.37. The highest BCUT2D eigenvalue weighted by atomic mass is 32.2. The Morgan fingerprint density at radius 2 is 1.91 bits per heavy atom. The first-order valence-electron chi connectivity index (χ1n) is 8.69. The molecule has 3 rings (SSSR count). The molecule has 5 heteroatoms. The van der Waals surface area contributed by atoms with Crippen molar-refractivity contribution in [3.05, 3.63) is 29.8 Å². The SMILES string of the molecule is COc1ccccc1[C@H](NC[C@H]1CCCS1(=O)=O)C1CCCC1. The summed E-state index contributed by atoms with van der Waals surface area (Å²) in [6.45, 7) is 0.557. The molecule has 1 aromatic rings. The van der Waals surface area contributed by atoms with Crippen molar-refractivity contribution in [1.29, 1.82) is 0 Å². The molecule has 23 heavy (non-hydrogen) atoms. The van der Waals surface area contributed by atoms with E-state index in [0.717, 1.165) is 24.2 Å². The minimum absolute atomic E-state index is 0.185. The summed E-state index contributed by atoms with van der Waals surface area (Å²) in [5.74, 6) is 1.81. The van der Waals surface area contributed by atoms with Gasteiger partial charge in [-0.15, -0.1) is 0 Å². The van der Waals surface area contributed by atoms with Crippen molar-refractivity contribution in [3.63, 3.8) is 0 Å². The molecule has 2 aliphatic rings. The van der Waals surface area contributed by atoms with Crippen molar-refractivity contribution in [3.8, 4) is 5.75 Å². The fourth-order valence-corrected chi connectivity index (χ4v) is 5.87. The van der Waals surface area contributed by atoms with Gasteiger partial charge >= 0.3 is 0 Å². The molecule has 0 aromatic heterocycles. The lowest BCUT2D eigenvalue weighted by Crippen LogP contribution is -2.36. The lowest BCUT2D eigenvalue weighted by Gasteiger charge is -2.28. The van der Waals surface area contributed by atoms with E-state index in [0.29, 0.717) is 18.2 Å². The van der Waals surface area contributed by atoms with E-state index in [-0.39, 0.29) is 11.3 Å². The first-order valence-corrected chi connectivity index (χ1v) is 10.4. The molecule has 0 bridgehead atoms. The van der Waals surface area contributed by atoms with Gasteiger partial charge in [0.25, 0.3) is 0 Å². The van der Waals surface area contributed by atoms with Crippen LogP contribution in [0.5, 0.6) is 5.75 Å². The number of sulfone groups is 1. The molecule has 0 radical (unpaired) electrons. The molecular formula is C18H27NO3S.